The van der Waals surface area contributed by atoms with Crippen LogP contribution in [0.4, 0.5) is 0 Å². The van der Waals surface area contributed by atoms with Crippen LogP contribution in [0.3, 0.4) is 0 Å². The normalized spacial score (nSPS) is 28.6. The fourth-order valence-corrected chi connectivity index (χ4v) is 3.74. The van der Waals surface area contributed by atoms with E-state index >= 15 is 0 Å². The van der Waals surface area contributed by atoms with Crippen LogP contribution in [0.5, 0.6) is 0 Å². The molecule has 0 aliphatic heterocycles. The summed E-state index contributed by atoms with van der Waals surface area (Å²) in [4.78, 5) is 11.5. The van der Waals surface area contributed by atoms with Crippen molar-refractivity contribution < 1.29 is 9.90 Å². The van der Waals surface area contributed by atoms with Gasteiger partial charge in [-0.25, -0.2) is 0 Å². The summed E-state index contributed by atoms with van der Waals surface area (Å²) < 4.78 is -1.16. The third kappa shape index (κ3) is 1.59. The molecule has 1 fully saturated rings. The molecule has 2 aliphatic carbocycles. The molecule has 4 heteroatoms. The first-order chi connectivity index (χ1) is 8.47. The molecule has 0 amide bonds. The first kappa shape index (κ1) is 12.3. The standard InChI is InChI=1S/C14H14Cl2O2/c15-14(16)8-13(14,12(17)18)11-6-5-9-3-1-2-4-10(9)7-11/h5-7H,1-4,8H2,(H,17,18). The maximum atomic E-state index is 11.5. The Labute approximate surface area is 116 Å². The summed E-state index contributed by atoms with van der Waals surface area (Å²) in [5, 5.41) is 9.43. The summed E-state index contributed by atoms with van der Waals surface area (Å²) in [7, 11) is 0. The smallest absolute Gasteiger partial charge is 0.317 e. The minimum Gasteiger partial charge on any atom is -0.480 e. The van der Waals surface area contributed by atoms with E-state index in [-0.39, 0.29) is 6.42 Å². The third-order valence-corrected chi connectivity index (χ3v) is 5.11. The zero-order valence-corrected chi connectivity index (χ0v) is 11.4. The number of fused-ring (bicyclic) bond motifs is 1. The molecule has 1 atom stereocenters. The van der Waals surface area contributed by atoms with Gasteiger partial charge in [0.1, 0.15) is 9.75 Å². The van der Waals surface area contributed by atoms with Gasteiger partial charge in [0.15, 0.2) is 0 Å². The second kappa shape index (κ2) is 3.88. The van der Waals surface area contributed by atoms with Crippen molar-refractivity contribution in [2.24, 2.45) is 0 Å². The van der Waals surface area contributed by atoms with Gasteiger partial charge >= 0.3 is 5.97 Å². The van der Waals surface area contributed by atoms with E-state index in [1.165, 1.54) is 24.0 Å². The number of alkyl halides is 2. The molecule has 0 radical (unpaired) electrons. The summed E-state index contributed by atoms with van der Waals surface area (Å²) >= 11 is 12.1. The van der Waals surface area contributed by atoms with Crippen LogP contribution in [-0.4, -0.2) is 15.4 Å². The Morgan fingerprint density at radius 2 is 1.78 bits per heavy atom. The number of benzene rings is 1. The van der Waals surface area contributed by atoms with Gasteiger partial charge in [-0.2, -0.15) is 0 Å². The monoisotopic (exact) mass is 284 g/mol. The lowest BCUT2D eigenvalue weighted by Gasteiger charge is -2.20. The molecule has 1 aromatic carbocycles. The van der Waals surface area contributed by atoms with Crippen LogP contribution >= 0.6 is 23.2 Å². The molecule has 0 heterocycles. The fraction of sp³-hybridized carbons (Fsp3) is 0.500. The predicted octanol–water partition coefficient (Wildman–Crippen LogP) is 3.47. The molecular formula is C14H14Cl2O2. The molecule has 2 nitrogen and oxygen atoms in total. The molecule has 18 heavy (non-hydrogen) atoms. The molecule has 0 saturated heterocycles. The molecule has 0 aromatic heterocycles. The maximum Gasteiger partial charge on any atom is 0.317 e. The number of aryl methyl sites for hydroxylation is 2. The average Bonchev–Trinajstić information content (AvgIpc) is 2.93. The van der Waals surface area contributed by atoms with Crippen molar-refractivity contribution in [2.75, 3.05) is 0 Å². The van der Waals surface area contributed by atoms with Gasteiger partial charge in [-0.15, -0.1) is 0 Å². The van der Waals surface area contributed by atoms with Crippen LogP contribution in [0.2, 0.25) is 0 Å². The number of carboxylic acids is 1. The minimum atomic E-state index is -1.16. The van der Waals surface area contributed by atoms with Crippen LogP contribution in [0, 0.1) is 0 Å². The predicted molar refractivity (Wildman–Crippen MR) is 71.5 cm³/mol. The molecule has 0 spiro atoms. The molecule has 1 N–H and O–H groups in total. The number of carboxylic acid groups (broad SMARTS) is 1. The number of aliphatic carboxylic acids is 1. The van der Waals surface area contributed by atoms with Gasteiger partial charge < -0.3 is 5.11 Å². The van der Waals surface area contributed by atoms with Crippen molar-refractivity contribution in [1.82, 2.24) is 0 Å². The Balaban J connectivity index is 2.05. The van der Waals surface area contributed by atoms with Crippen molar-refractivity contribution in [2.45, 2.75) is 41.9 Å². The van der Waals surface area contributed by atoms with Gasteiger partial charge in [0, 0.05) is 6.42 Å². The average molecular weight is 285 g/mol. The van der Waals surface area contributed by atoms with E-state index in [2.05, 4.69) is 0 Å². The molecule has 1 saturated carbocycles. The highest BCUT2D eigenvalue weighted by atomic mass is 35.5. The van der Waals surface area contributed by atoms with E-state index in [4.69, 9.17) is 23.2 Å². The molecule has 0 bridgehead atoms. The van der Waals surface area contributed by atoms with Gasteiger partial charge in [0.05, 0.1) is 0 Å². The summed E-state index contributed by atoms with van der Waals surface area (Å²) in [6.45, 7) is 0. The van der Waals surface area contributed by atoms with Crippen LogP contribution < -0.4 is 0 Å². The highest BCUT2D eigenvalue weighted by molar-refractivity contribution is 6.54. The number of halogens is 2. The Hall–Kier alpha value is -0.730. The quantitative estimate of drug-likeness (QED) is 0.845. The number of carbonyl (C=O) groups is 1. The lowest BCUT2D eigenvalue weighted by molar-refractivity contribution is -0.140. The molecule has 96 valence electrons. The first-order valence-corrected chi connectivity index (χ1v) is 6.96. The lowest BCUT2D eigenvalue weighted by Crippen LogP contribution is -2.26. The Kier molecular flexibility index (Phi) is 2.65. The number of rotatable bonds is 2. The van der Waals surface area contributed by atoms with Crippen LogP contribution in [0.1, 0.15) is 36.0 Å². The first-order valence-electron chi connectivity index (χ1n) is 6.21. The van der Waals surface area contributed by atoms with Crippen molar-refractivity contribution in [1.29, 1.82) is 0 Å². The van der Waals surface area contributed by atoms with Gasteiger partial charge in [-0.1, -0.05) is 41.4 Å². The molecule has 2 aliphatic rings. The van der Waals surface area contributed by atoms with E-state index in [9.17, 15) is 9.90 Å². The summed E-state index contributed by atoms with van der Waals surface area (Å²) in [6, 6.07) is 5.91. The Bertz CT molecular complexity index is 525. The molecule has 1 aromatic rings. The van der Waals surface area contributed by atoms with Gasteiger partial charge in [0.25, 0.3) is 0 Å². The third-order valence-electron chi connectivity index (χ3n) is 4.19. The Morgan fingerprint density at radius 3 is 2.33 bits per heavy atom. The fourth-order valence-electron chi connectivity index (χ4n) is 2.96. The number of hydrogen-bond donors (Lipinski definition) is 1. The highest BCUT2D eigenvalue weighted by Gasteiger charge is 2.72. The molecule has 1 unspecified atom stereocenters. The summed E-state index contributed by atoms with van der Waals surface area (Å²) in [5.41, 5.74) is 2.24. The van der Waals surface area contributed by atoms with Crippen molar-refractivity contribution in [3.8, 4) is 0 Å². The SMILES string of the molecule is O=C(O)C1(c2ccc3c(c2)CCCC3)CC1(Cl)Cl. The van der Waals surface area contributed by atoms with E-state index < -0.39 is 15.7 Å². The minimum absolute atomic E-state index is 0.289. The van der Waals surface area contributed by atoms with Crippen LogP contribution in [-0.2, 0) is 23.1 Å². The van der Waals surface area contributed by atoms with E-state index in [1.54, 1.807) is 0 Å². The molecular weight excluding hydrogens is 271 g/mol. The summed E-state index contributed by atoms with van der Waals surface area (Å²) in [5.74, 6) is -0.928. The van der Waals surface area contributed by atoms with Gasteiger partial charge in [-0.3, -0.25) is 4.79 Å². The zero-order valence-electron chi connectivity index (χ0n) is 9.88. The van der Waals surface area contributed by atoms with Gasteiger partial charge in [-0.05, 0) is 42.4 Å². The number of hydrogen-bond acceptors (Lipinski definition) is 1. The van der Waals surface area contributed by atoms with Crippen LogP contribution in [0.15, 0.2) is 18.2 Å². The zero-order chi connectivity index (χ0) is 13.0. The topological polar surface area (TPSA) is 37.3 Å². The van der Waals surface area contributed by atoms with Gasteiger partial charge in [0.2, 0.25) is 0 Å². The van der Waals surface area contributed by atoms with E-state index in [0.717, 1.165) is 18.4 Å². The second-order valence-electron chi connectivity index (χ2n) is 5.28. The summed E-state index contributed by atoms with van der Waals surface area (Å²) in [6.07, 6.45) is 4.78. The van der Waals surface area contributed by atoms with E-state index in [0.29, 0.717) is 0 Å². The second-order valence-corrected chi connectivity index (χ2v) is 6.77. The molecule has 3 rings (SSSR count). The van der Waals surface area contributed by atoms with Crippen molar-refractivity contribution >= 4 is 29.2 Å². The lowest BCUT2D eigenvalue weighted by atomic mass is 9.86. The van der Waals surface area contributed by atoms with Crippen molar-refractivity contribution in [3.05, 3.63) is 34.9 Å². The van der Waals surface area contributed by atoms with Crippen molar-refractivity contribution in [3.63, 3.8) is 0 Å². The Morgan fingerprint density at radius 1 is 1.17 bits per heavy atom. The largest absolute Gasteiger partial charge is 0.480 e. The van der Waals surface area contributed by atoms with E-state index in [1.807, 2.05) is 18.2 Å². The highest BCUT2D eigenvalue weighted by Crippen LogP contribution is 2.65. The maximum absolute atomic E-state index is 11.5. The van der Waals surface area contributed by atoms with Crippen LogP contribution in [0.25, 0.3) is 0 Å².